The summed E-state index contributed by atoms with van der Waals surface area (Å²) in [5.74, 6) is 1.06. The third kappa shape index (κ3) is 2.26. The normalized spacial score (nSPS) is 10.4. The maximum Gasteiger partial charge on any atom is 0.128 e. The van der Waals surface area contributed by atoms with Crippen LogP contribution in [0.4, 0.5) is 5.82 Å². The highest BCUT2D eigenvalue weighted by Gasteiger charge is 2.05. The van der Waals surface area contributed by atoms with Crippen molar-refractivity contribution in [2.75, 3.05) is 5.73 Å². The van der Waals surface area contributed by atoms with Crippen molar-refractivity contribution in [3.05, 3.63) is 40.1 Å². The van der Waals surface area contributed by atoms with Crippen LogP contribution in [0.2, 0.25) is 10.0 Å². The van der Waals surface area contributed by atoms with Crippen LogP contribution in [0.15, 0.2) is 24.3 Å². The van der Waals surface area contributed by atoms with Gasteiger partial charge in [0.25, 0.3) is 0 Å². The molecule has 5 heteroatoms. The monoisotopic (exact) mass is 253 g/mol. The Morgan fingerprint density at radius 1 is 1.06 bits per heavy atom. The van der Waals surface area contributed by atoms with Gasteiger partial charge in [-0.15, -0.1) is 0 Å². The van der Waals surface area contributed by atoms with E-state index < -0.39 is 0 Å². The molecule has 1 aromatic carbocycles. The van der Waals surface area contributed by atoms with Crippen molar-refractivity contribution in [2.24, 2.45) is 0 Å². The quantitative estimate of drug-likeness (QED) is 0.849. The molecule has 0 aliphatic rings. The number of nitrogens with zero attached hydrogens (tertiary/aromatic N) is 2. The molecule has 82 valence electrons. The third-order valence-corrected chi connectivity index (χ3v) is 2.81. The van der Waals surface area contributed by atoms with E-state index >= 15 is 0 Å². The average molecular weight is 254 g/mol. The molecule has 1 heterocycles. The van der Waals surface area contributed by atoms with Gasteiger partial charge in [-0.1, -0.05) is 29.3 Å². The molecule has 0 bridgehead atoms. The molecule has 2 aromatic rings. The topological polar surface area (TPSA) is 51.8 Å². The summed E-state index contributed by atoms with van der Waals surface area (Å²) in [5.41, 5.74) is 7.26. The Kier molecular flexibility index (Phi) is 2.99. The molecule has 0 aliphatic carbocycles. The van der Waals surface area contributed by atoms with E-state index in [4.69, 9.17) is 28.9 Å². The van der Waals surface area contributed by atoms with Crippen molar-refractivity contribution in [3.8, 4) is 11.3 Å². The number of anilines is 1. The van der Waals surface area contributed by atoms with Crippen molar-refractivity contribution >= 4 is 29.0 Å². The van der Waals surface area contributed by atoms with Gasteiger partial charge < -0.3 is 5.73 Å². The number of rotatable bonds is 1. The lowest BCUT2D eigenvalue weighted by Gasteiger charge is -2.04. The Labute approximate surface area is 103 Å². The molecule has 0 amide bonds. The highest BCUT2D eigenvalue weighted by Crippen LogP contribution is 2.27. The first-order valence-corrected chi connectivity index (χ1v) is 5.38. The fraction of sp³-hybridized carbons (Fsp3) is 0.0909. The zero-order chi connectivity index (χ0) is 11.7. The number of hydrogen-bond acceptors (Lipinski definition) is 3. The minimum Gasteiger partial charge on any atom is -0.384 e. The minimum absolute atomic E-state index is 0.438. The van der Waals surface area contributed by atoms with Gasteiger partial charge in [0, 0.05) is 11.6 Å². The Morgan fingerprint density at radius 2 is 1.81 bits per heavy atom. The Morgan fingerprint density at radius 3 is 2.44 bits per heavy atom. The van der Waals surface area contributed by atoms with Gasteiger partial charge in [-0.05, 0) is 19.1 Å². The summed E-state index contributed by atoms with van der Waals surface area (Å²) in [4.78, 5) is 8.29. The Bertz CT molecular complexity index is 520. The summed E-state index contributed by atoms with van der Waals surface area (Å²) >= 11 is 11.8. The van der Waals surface area contributed by atoms with Crippen LogP contribution in [-0.4, -0.2) is 9.97 Å². The summed E-state index contributed by atoms with van der Waals surface area (Å²) in [5, 5.41) is 1.01. The molecule has 1 aromatic heterocycles. The molecular formula is C11H9Cl2N3. The van der Waals surface area contributed by atoms with E-state index in [9.17, 15) is 0 Å². The van der Waals surface area contributed by atoms with Crippen LogP contribution >= 0.6 is 23.2 Å². The molecule has 0 radical (unpaired) electrons. The zero-order valence-corrected chi connectivity index (χ0v) is 10.0. The second-order valence-corrected chi connectivity index (χ2v) is 4.17. The van der Waals surface area contributed by atoms with Crippen LogP contribution in [0.3, 0.4) is 0 Å². The van der Waals surface area contributed by atoms with Crippen LogP contribution in [-0.2, 0) is 0 Å². The average Bonchev–Trinajstić information content (AvgIpc) is 2.20. The smallest absolute Gasteiger partial charge is 0.128 e. The van der Waals surface area contributed by atoms with Crippen LogP contribution in [0.5, 0.6) is 0 Å². The Hall–Kier alpha value is -1.32. The highest BCUT2D eigenvalue weighted by molar-refractivity contribution is 6.42. The molecule has 0 saturated heterocycles. The molecule has 0 fully saturated rings. The lowest BCUT2D eigenvalue weighted by atomic mass is 10.1. The van der Waals surface area contributed by atoms with E-state index in [2.05, 4.69) is 9.97 Å². The predicted molar refractivity (Wildman–Crippen MR) is 66.6 cm³/mol. The molecule has 3 nitrogen and oxygen atoms in total. The first-order chi connectivity index (χ1) is 7.56. The van der Waals surface area contributed by atoms with Crippen LogP contribution in [0, 0.1) is 6.92 Å². The van der Waals surface area contributed by atoms with Gasteiger partial charge in [0.1, 0.15) is 11.6 Å². The van der Waals surface area contributed by atoms with E-state index in [1.54, 1.807) is 25.1 Å². The van der Waals surface area contributed by atoms with Gasteiger partial charge >= 0.3 is 0 Å². The third-order valence-electron chi connectivity index (χ3n) is 2.07. The number of nitrogens with two attached hydrogens (primary N) is 1. The molecule has 2 N–H and O–H groups in total. The van der Waals surface area contributed by atoms with E-state index in [1.165, 1.54) is 0 Å². The standard InChI is InChI=1S/C11H9Cl2N3/c1-6-15-10(5-11(14)16-6)7-2-3-8(12)9(13)4-7/h2-5H,1H3,(H2,14,15,16). The van der Waals surface area contributed by atoms with Crippen molar-refractivity contribution in [1.29, 1.82) is 0 Å². The van der Waals surface area contributed by atoms with Gasteiger partial charge in [0.15, 0.2) is 0 Å². The summed E-state index contributed by atoms with van der Waals surface area (Å²) < 4.78 is 0. The van der Waals surface area contributed by atoms with Gasteiger partial charge in [0.05, 0.1) is 15.7 Å². The minimum atomic E-state index is 0.438. The number of halogens is 2. The van der Waals surface area contributed by atoms with Crippen LogP contribution in [0.1, 0.15) is 5.82 Å². The maximum absolute atomic E-state index is 5.94. The van der Waals surface area contributed by atoms with Gasteiger partial charge in [-0.25, -0.2) is 9.97 Å². The first-order valence-electron chi connectivity index (χ1n) is 4.63. The molecule has 0 saturated carbocycles. The highest BCUT2D eigenvalue weighted by atomic mass is 35.5. The number of aryl methyl sites for hydroxylation is 1. The molecule has 2 rings (SSSR count). The number of hydrogen-bond donors (Lipinski definition) is 1. The van der Waals surface area contributed by atoms with Gasteiger partial charge in [-0.2, -0.15) is 0 Å². The van der Waals surface area contributed by atoms with Crippen molar-refractivity contribution < 1.29 is 0 Å². The number of aromatic nitrogens is 2. The molecule has 0 spiro atoms. The first kappa shape index (κ1) is 11.2. The lowest BCUT2D eigenvalue weighted by Crippen LogP contribution is -1.97. The summed E-state index contributed by atoms with van der Waals surface area (Å²) in [7, 11) is 0. The van der Waals surface area contributed by atoms with Crippen molar-refractivity contribution in [3.63, 3.8) is 0 Å². The molecular weight excluding hydrogens is 245 g/mol. The zero-order valence-electron chi connectivity index (χ0n) is 8.54. The van der Waals surface area contributed by atoms with Crippen molar-refractivity contribution in [2.45, 2.75) is 6.92 Å². The van der Waals surface area contributed by atoms with Gasteiger partial charge in [0.2, 0.25) is 0 Å². The molecule has 0 unspecified atom stereocenters. The summed E-state index contributed by atoms with van der Waals surface area (Å²) in [6.45, 7) is 1.79. The second-order valence-electron chi connectivity index (χ2n) is 3.35. The van der Waals surface area contributed by atoms with Crippen LogP contribution < -0.4 is 5.73 Å². The summed E-state index contributed by atoms with van der Waals surface area (Å²) in [6, 6.07) is 7.03. The second kappa shape index (κ2) is 4.28. The van der Waals surface area contributed by atoms with E-state index in [1.807, 2.05) is 6.07 Å². The SMILES string of the molecule is Cc1nc(N)cc(-c2ccc(Cl)c(Cl)c2)n1. The fourth-order valence-electron chi connectivity index (χ4n) is 1.39. The van der Waals surface area contributed by atoms with E-state index in [0.29, 0.717) is 21.7 Å². The predicted octanol–water partition coefficient (Wildman–Crippen LogP) is 3.34. The Balaban J connectivity index is 2.54. The molecule has 0 aliphatic heterocycles. The van der Waals surface area contributed by atoms with Gasteiger partial charge in [-0.3, -0.25) is 0 Å². The summed E-state index contributed by atoms with van der Waals surface area (Å²) in [6.07, 6.45) is 0. The molecule has 16 heavy (non-hydrogen) atoms. The largest absolute Gasteiger partial charge is 0.384 e. The van der Waals surface area contributed by atoms with Crippen molar-refractivity contribution in [1.82, 2.24) is 9.97 Å². The fourth-order valence-corrected chi connectivity index (χ4v) is 1.69. The number of nitrogen functional groups attached to an aromatic ring is 1. The lowest BCUT2D eigenvalue weighted by molar-refractivity contribution is 1.07. The van der Waals surface area contributed by atoms with E-state index in [0.717, 1.165) is 11.3 Å². The maximum atomic E-state index is 5.94. The van der Waals surface area contributed by atoms with Crippen LogP contribution in [0.25, 0.3) is 11.3 Å². The molecule has 0 atom stereocenters. The number of benzene rings is 1. The van der Waals surface area contributed by atoms with E-state index in [-0.39, 0.29) is 0 Å².